The molecule has 0 bridgehead atoms. The maximum atomic E-state index is 11.8. The molecule has 1 N–H and O–H groups in total. The normalized spacial score (nSPS) is 11.6. The van der Waals surface area contributed by atoms with E-state index in [-0.39, 0.29) is 0 Å². The van der Waals surface area contributed by atoms with Crippen molar-refractivity contribution in [3.8, 4) is 17.2 Å². The number of benzene rings is 2. The minimum absolute atomic E-state index is 0.334. The van der Waals surface area contributed by atoms with E-state index in [1.54, 1.807) is 44.6 Å². The highest BCUT2D eigenvalue weighted by Crippen LogP contribution is 2.31. The molecule has 128 valence electrons. The standard InChI is InChI=1S/C19H22O5/c1-4-24-18-12-16(23-3)10-7-14(18)11-17(19(20)21)13-5-8-15(22-2)9-6-13/h5-10,12,17H,4,11H2,1-3H3,(H,20,21). The highest BCUT2D eigenvalue weighted by Gasteiger charge is 2.22. The summed E-state index contributed by atoms with van der Waals surface area (Å²) in [5.74, 6) is 0.486. The van der Waals surface area contributed by atoms with Crippen molar-refractivity contribution >= 4 is 5.97 Å². The fraction of sp³-hybridized carbons (Fsp3) is 0.316. The Balaban J connectivity index is 2.31. The first-order valence-corrected chi connectivity index (χ1v) is 7.75. The van der Waals surface area contributed by atoms with Gasteiger partial charge in [0.05, 0.1) is 26.7 Å². The van der Waals surface area contributed by atoms with Crippen LogP contribution in [-0.2, 0) is 11.2 Å². The first-order valence-electron chi connectivity index (χ1n) is 7.75. The molecule has 1 unspecified atom stereocenters. The molecular weight excluding hydrogens is 308 g/mol. The van der Waals surface area contributed by atoms with Crippen LogP contribution in [0.4, 0.5) is 0 Å². The van der Waals surface area contributed by atoms with Crippen LogP contribution < -0.4 is 14.2 Å². The zero-order chi connectivity index (χ0) is 17.5. The average Bonchev–Trinajstić information content (AvgIpc) is 2.60. The molecule has 2 rings (SSSR count). The molecule has 0 amide bonds. The Bertz CT molecular complexity index is 679. The van der Waals surface area contributed by atoms with Gasteiger partial charge in [0.1, 0.15) is 17.2 Å². The average molecular weight is 330 g/mol. The molecule has 0 saturated carbocycles. The first kappa shape index (κ1) is 17.7. The van der Waals surface area contributed by atoms with Crippen LogP contribution in [0.2, 0.25) is 0 Å². The summed E-state index contributed by atoms with van der Waals surface area (Å²) >= 11 is 0. The van der Waals surface area contributed by atoms with Crippen molar-refractivity contribution < 1.29 is 24.1 Å². The van der Waals surface area contributed by atoms with Gasteiger partial charge in [-0.1, -0.05) is 18.2 Å². The number of carboxylic acid groups (broad SMARTS) is 1. The van der Waals surface area contributed by atoms with E-state index in [1.807, 2.05) is 19.1 Å². The Morgan fingerprint density at radius 1 is 1.04 bits per heavy atom. The van der Waals surface area contributed by atoms with Crippen molar-refractivity contribution in [1.82, 2.24) is 0 Å². The Labute approximate surface area is 141 Å². The second-order valence-electron chi connectivity index (χ2n) is 5.27. The molecule has 5 heteroatoms. The zero-order valence-corrected chi connectivity index (χ0v) is 14.1. The van der Waals surface area contributed by atoms with Gasteiger partial charge in [0, 0.05) is 6.07 Å². The van der Waals surface area contributed by atoms with E-state index in [2.05, 4.69) is 0 Å². The molecule has 2 aromatic carbocycles. The van der Waals surface area contributed by atoms with E-state index >= 15 is 0 Å². The van der Waals surface area contributed by atoms with Crippen LogP contribution in [0.15, 0.2) is 42.5 Å². The van der Waals surface area contributed by atoms with Crippen LogP contribution in [-0.4, -0.2) is 31.9 Å². The molecule has 0 aromatic heterocycles. The maximum absolute atomic E-state index is 11.8. The first-order chi connectivity index (χ1) is 11.6. The van der Waals surface area contributed by atoms with Crippen LogP contribution in [0.5, 0.6) is 17.2 Å². The summed E-state index contributed by atoms with van der Waals surface area (Å²) < 4.78 is 16.0. The number of aliphatic carboxylic acids is 1. The lowest BCUT2D eigenvalue weighted by molar-refractivity contribution is -0.138. The van der Waals surface area contributed by atoms with Crippen molar-refractivity contribution in [2.24, 2.45) is 0 Å². The number of rotatable bonds is 8. The fourth-order valence-corrected chi connectivity index (χ4v) is 2.52. The minimum Gasteiger partial charge on any atom is -0.497 e. The maximum Gasteiger partial charge on any atom is 0.311 e. The van der Waals surface area contributed by atoms with Crippen molar-refractivity contribution in [3.05, 3.63) is 53.6 Å². The summed E-state index contributed by atoms with van der Waals surface area (Å²) in [6.45, 7) is 2.39. The predicted molar refractivity (Wildman–Crippen MR) is 91.2 cm³/mol. The molecule has 1 atom stereocenters. The molecular formula is C19H22O5. The number of carbonyl (C=O) groups is 1. The summed E-state index contributed by atoms with van der Waals surface area (Å²) in [6, 6.07) is 12.5. The molecule has 0 radical (unpaired) electrons. The number of ether oxygens (including phenoxy) is 3. The second kappa shape index (κ2) is 8.24. The van der Waals surface area contributed by atoms with Crippen LogP contribution in [0.1, 0.15) is 24.0 Å². The van der Waals surface area contributed by atoms with Crippen molar-refractivity contribution in [2.45, 2.75) is 19.3 Å². The summed E-state index contributed by atoms with van der Waals surface area (Å²) in [5.41, 5.74) is 1.56. The van der Waals surface area contributed by atoms with Gasteiger partial charge in [0.25, 0.3) is 0 Å². The van der Waals surface area contributed by atoms with Crippen LogP contribution in [0.3, 0.4) is 0 Å². The quantitative estimate of drug-likeness (QED) is 0.802. The summed E-state index contributed by atoms with van der Waals surface area (Å²) in [5, 5.41) is 9.64. The molecule has 0 fully saturated rings. The number of hydrogen-bond acceptors (Lipinski definition) is 4. The van der Waals surface area contributed by atoms with Crippen LogP contribution in [0.25, 0.3) is 0 Å². The number of methoxy groups -OCH3 is 2. The van der Waals surface area contributed by atoms with Crippen LogP contribution in [0, 0.1) is 0 Å². The minimum atomic E-state index is -0.876. The van der Waals surface area contributed by atoms with Gasteiger partial charge in [-0.15, -0.1) is 0 Å². The Morgan fingerprint density at radius 3 is 2.21 bits per heavy atom. The van der Waals surface area contributed by atoms with E-state index in [4.69, 9.17) is 14.2 Å². The van der Waals surface area contributed by atoms with Gasteiger partial charge < -0.3 is 19.3 Å². The van der Waals surface area contributed by atoms with Gasteiger partial charge in [-0.2, -0.15) is 0 Å². The highest BCUT2D eigenvalue weighted by atomic mass is 16.5. The summed E-state index contributed by atoms with van der Waals surface area (Å²) in [6.07, 6.45) is 0.334. The van der Waals surface area contributed by atoms with Gasteiger partial charge in [-0.05, 0) is 42.7 Å². The van der Waals surface area contributed by atoms with E-state index in [9.17, 15) is 9.90 Å². The number of carboxylic acids is 1. The molecule has 2 aromatic rings. The molecule has 0 heterocycles. The Hall–Kier alpha value is -2.69. The molecule has 0 saturated heterocycles. The second-order valence-corrected chi connectivity index (χ2v) is 5.27. The predicted octanol–water partition coefficient (Wildman–Crippen LogP) is 3.51. The van der Waals surface area contributed by atoms with Gasteiger partial charge in [-0.3, -0.25) is 4.79 Å². The fourth-order valence-electron chi connectivity index (χ4n) is 2.52. The Kier molecular flexibility index (Phi) is 6.07. The van der Waals surface area contributed by atoms with Crippen molar-refractivity contribution in [1.29, 1.82) is 0 Å². The van der Waals surface area contributed by atoms with Crippen LogP contribution >= 0.6 is 0 Å². The lowest BCUT2D eigenvalue weighted by Crippen LogP contribution is -2.15. The monoisotopic (exact) mass is 330 g/mol. The van der Waals surface area contributed by atoms with Gasteiger partial charge >= 0.3 is 5.97 Å². The third-order valence-corrected chi connectivity index (χ3v) is 3.81. The molecule has 0 aliphatic rings. The summed E-state index contributed by atoms with van der Waals surface area (Å²) in [4.78, 5) is 11.8. The largest absolute Gasteiger partial charge is 0.497 e. The third-order valence-electron chi connectivity index (χ3n) is 3.81. The van der Waals surface area contributed by atoms with Crippen molar-refractivity contribution in [3.63, 3.8) is 0 Å². The molecule has 5 nitrogen and oxygen atoms in total. The molecule has 0 aliphatic heterocycles. The topological polar surface area (TPSA) is 65.0 Å². The van der Waals surface area contributed by atoms with Gasteiger partial charge in [-0.25, -0.2) is 0 Å². The molecule has 0 spiro atoms. The van der Waals surface area contributed by atoms with E-state index in [1.165, 1.54) is 0 Å². The molecule has 0 aliphatic carbocycles. The van der Waals surface area contributed by atoms with E-state index in [0.29, 0.717) is 30.3 Å². The van der Waals surface area contributed by atoms with E-state index < -0.39 is 11.9 Å². The number of hydrogen-bond donors (Lipinski definition) is 1. The Morgan fingerprint density at radius 2 is 1.67 bits per heavy atom. The van der Waals surface area contributed by atoms with Gasteiger partial charge in [0.2, 0.25) is 0 Å². The van der Waals surface area contributed by atoms with Crippen molar-refractivity contribution in [2.75, 3.05) is 20.8 Å². The SMILES string of the molecule is CCOc1cc(OC)ccc1CC(C(=O)O)c1ccc(OC)cc1. The lowest BCUT2D eigenvalue weighted by Gasteiger charge is -2.17. The summed E-state index contributed by atoms with van der Waals surface area (Å²) in [7, 11) is 3.16. The molecule has 24 heavy (non-hydrogen) atoms. The lowest BCUT2D eigenvalue weighted by atomic mass is 9.91. The smallest absolute Gasteiger partial charge is 0.311 e. The third kappa shape index (κ3) is 4.19. The highest BCUT2D eigenvalue weighted by molar-refractivity contribution is 5.76. The van der Waals surface area contributed by atoms with Gasteiger partial charge in [0.15, 0.2) is 0 Å². The zero-order valence-electron chi connectivity index (χ0n) is 14.1. The van der Waals surface area contributed by atoms with E-state index in [0.717, 1.165) is 11.1 Å².